The Morgan fingerprint density at radius 2 is 2.10 bits per heavy atom. The molecule has 1 unspecified atom stereocenters. The van der Waals surface area contributed by atoms with Gasteiger partial charge in [0.05, 0.1) is 10.5 Å². The number of amides is 1. The van der Waals surface area contributed by atoms with Gasteiger partial charge >= 0.3 is 0 Å². The molecule has 0 aromatic heterocycles. The molecule has 116 valence electrons. The summed E-state index contributed by atoms with van der Waals surface area (Å²) in [5.74, 6) is -0.256. The van der Waals surface area contributed by atoms with Crippen LogP contribution in [-0.2, 0) is 0 Å². The van der Waals surface area contributed by atoms with E-state index in [4.69, 9.17) is 0 Å². The zero-order valence-corrected chi connectivity index (χ0v) is 12.8. The third-order valence-electron chi connectivity index (χ3n) is 3.15. The number of nitro benzene ring substituents is 1. The van der Waals surface area contributed by atoms with E-state index < -0.39 is 16.4 Å². The third kappa shape index (κ3) is 4.82. The second-order valence-electron chi connectivity index (χ2n) is 6.00. The van der Waals surface area contributed by atoms with Crippen LogP contribution in [-0.4, -0.2) is 28.1 Å². The minimum Gasteiger partial charge on any atom is -0.388 e. The van der Waals surface area contributed by atoms with Gasteiger partial charge in [0.1, 0.15) is 5.56 Å². The summed E-state index contributed by atoms with van der Waals surface area (Å²) >= 11 is 0. The van der Waals surface area contributed by atoms with Gasteiger partial charge < -0.3 is 10.4 Å². The Hall–Kier alpha value is -1.95. The molecule has 0 spiro atoms. The van der Waals surface area contributed by atoms with Gasteiger partial charge in [0.15, 0.2) is 0 Å². The van der Waals surface area contributed by atoms with Crippen molar-refractivity contribution in [3.63, 3.8) is 0 Å². The van der Waals surface area contributed by atoms with E-state index in [0.717, 1.165) is 0 Å². The van der Waals surface area contributed by atoms with E-state index in [9.17, 15) is 20.0 Å². The molecule has 2 N–H and O–H groups in total. The van der Waals surface area contributed by atoms with Gasteiger partial charge in [-0.05, 0) is 31.7 Å². The Bertz CT molecular complexity index is 538. The molecular weight excluding hydrogens is 272 g/mol. The fourth-order valence-electron chi connectivity index (χ4n) is 2.41. The number of carbonyl (C=O) groups excluding carboxylic acids is 1. The number of carbonyl (C=O) groups is 1. The van der Waals surface area contributed by atoms with Crippen molar-refractivity contribution in [2.45, 2.75) is 39.7 Å². The normalized spacial score (nSPS) is 13.8. The molecule has 1 rings (SSSR count). The molecule has 0 saturated carbocycles. The zero-order valence-electron chi connectivity index (χ0n) is 12.8. The van der Waals surface area contributed by atoms with Gasteiger partial charge in [0.2, 0.25) is 0 Å². The highest BCUT2D eigenvalue weighted by molar-refractivity contribution is 5.99. The average Bonchev–Trinajstić information content (AvgIpc) is 2.34. The Morgan fingerprint density at radius 1 is 1.48 bits per heavy atom. The average molecular weight is 294 g/mol. The minimum absolute atomic E-state index is 0.0443. The number of rotatable bonds is 6. The quantitative estimate of drug-likeness (QED) is 0.622. The van der Waals surface area contributed by atoms with E-state index in [1.165, 1.54) is 6.07 Å². The molecule has 0 aliphatic heterocycles. The second-order valence-corrected chi connectivity index (χ2v) is 6.00. The zero-order chi connectivity index (χ0) is 16.2. The van der Waals surface area contributed by atoms with Gasteiger partial charge in [0.25, 0.3) is 11.6 Å². The molecule has 0 radical (unpaired) electrons. The van der Waals surface area contributed by atoms with E-state index >= 15 is 0 Å². The van der Waals surface area contributed by atoms with E-state index in [2.05, 4.69) is 5.32 Å². The van der Waals surface area contributed by atoms with Crippen LogP contribution in [0.1, 0.15) is 43.1 Å². The Labute approximate surface area is 124 Å². The number of aliphatic hydroxyl groups is 1. The summed E-state index contributed by atoms with van der Waals surface area (Å²) in [4.78, 5) is 22.6. The van der Waals surface area contributed by atoms with E-state index in [0.29, 0.717) is 12.0 Å². The molecule has 21 heavy (non-hydrogen) atoms. The summed E-state index contributed by atoms with van der Waals surface area (Å²) in [5, 5.41) is 23.8. The molecule has 1 amide bonds. The topological polar surface area (TPSA) is 92.5 Å². The lowest BCUT2D eigenvalue weighted by atomic mass is 9.94. The highest BCUT2D eigenvalue weighted by Gasteiger charge is 2.26. The van der Waals surface area contributed by atoms with Crippen molar-refractivity contribution in [1.29, 1.82) is 0 Å². The molecule has 0 aliphatic rings. The monoisotopic (exact) mass is 294 g/mol. The van der Waals surface area contributed by atoms with Gasteiger partial charge in [0, 0.05) is 12.6 Å². The predicted octanol–water partition coefficient (Wildman–Crippen LogP) is 2.43. The van der Waals surface area contributed by atoms with Crippen molar-refractivity contribution >= 4 is 11.6 Å². The maximum absolute atomic E-state index is 12.2. The number of hydrogen-bond acceptors (Lipinski definition) is 4. The lowest BCUT2D eigenvalue weighted by Crippen LogP contribution is -2.41. The number of benzene rings is 1. The van der Waals surface area contributed by atoms with Crippen LogP contribution in [0.3, 0.4) is 0 Å². The van der Waals surface area contributed by atoms with Crippen molar-refractivity contribution in [3.8, 4) is 0 Å². The van der Waals surface area contributed by atoms with Gasteiger partial charge in [-0.15, -0.1) is 0 Å². The second kappa shape index (κ2) is 6.67. The fourth-order valence-corrected chi connectivity index (χ4v) is 2.41. The van der Waals surface area contributed by atoms with Gasteiger partial charge in [-0.2, -0.15) is 0 Å². The Morgan fingerprint density at radius 3 is 2.62 bits per heavy atom. The summed E-state index contributed by atoms with van der Waals surface area (Å²) in [6.07, 6.45) is 0.531. The van der Waals surface area contributed by atoms with Crippen LogP contribution in [0.5, 0.6) is 0 Å². The molecule has 0 saturated heterocycles. The maximum Gasteiger partial charge on any atom is 0.282 e. The summed E-state index contributed by atoms with van der Waals surface area (Å²) in [5.41, 5.74) is -0.689. The number of hydrogen-bond donors (Lipinski definition) is 2. The summed E-state index contributed by atoms with van der Waals surface area (Å²) in [7, 11) is 0. The highest BCUT2D eigenvalue weighted by atomic mass is 16.6. The first-order valence-corrected chi connectivity index (χ1v) is 6.88. The molecule has 0 aliphatic carbocycles. The fraction of sp³-hybridized carbons (Fsp3) is 0.533. The summed E-state index contributed by atoms with van der Waals surface area (Å²) in [6, 6.07) is 4.49. The lowest BCUT2D eigenvalue weighted by Gasteiger charge is -2.25. The molecule has 6 heteroatoms. The van der Waals surface area contributed by atoms with E-state index in [1.54, 1.807) is 26.0 Å². The molecule has 1 aromatic carbocycles. The summed E-state index contributed by atoms with van der Waals surface area (Å²) in [6.45, 7) is 7.29. The van der Waals surface area contributed by atoms with Crippen molar-refractivity contribution < 1.29 is 14.8 Å². The van der Waals surface area contributed by atoms with Crippen molar-refractivity contribution in [2.24, 2.45) is 5.92 Å². The molecular formula is C15H22N2O4. The maximum atomic E-state index is 12.2. The molecule has 1 atom stereocenters. The highest BCUT2D eigenvalue weighted by Crippen LogP contribution is 2.22. The first kappa shape index (κ1) is 17.1. The number of nitro groups is 1. The Balaban J connectivity index is 2.88. The largest absolute Gasteiger partial charge is 0.388 e. The third-order valence-corrected chi connectivity index (χ3v) is 3.15. The van der Waals surface area contributed by atoms with E-state index in [-0.39, 0.29) is 23.7 Å². The molecule has 0 heterocycles. The van der Waals surface area contributed by atoms with Crippen molar-refractivity contribution in [1.82, 2.24) is 5.32 Å². The van der Waals surface area contributed by atoms with Crippen LogP contribution in [0, 0.1) is 23.0 Å². The van der Waals surface area contributed by atoms with Crippen molar-refractivity contribution in [2.75, 3.05) is 6.54 Å². The SMILES string of the molecule is Cc1cccc([N+](=O)[O-])c1C(=O)NCC(C)(O)CC(C)C. The molecule has 1 aromatic rings. The Kier molecular flexibility index (Phi) is 5.43. The number of aryl methyl sites for hydroxylation is 1. The van der Waals surface area contributed by atoms with Gasteiger partial charge in [-0.1, -0.05) is 26.0 Å². The standard InChI is InChI=1S/C15H22N2O4/c1-10(2)8-15(4,19)9-16-14(18)13-11(3)6-5-7-12(13)17(20)21/h5-7,10,19H,8-9H2,1-4H3,(H,16,18). The van der Waals surface area contributed by atoms with E-state index in [1.807, 2.05) is 13.8 Å². The number of nitrogens with zero attached hydrogens (tertiary/aromatic N) is 1. The van der Waals surface area contributed by atoms with Crippen LogP contribution in [0.4, 0.5) is 5.69 Å². The van der Waals surface area contributed by atoms with Crippen LogP contribution < -0.4 is 5.32 Å². The van der Waals surface area contributed by atoms with Gasteiger partial charge in [-0.25, -0.2) is 0 Å². The summed E-state index contributed by atoms with van der Waals surface area (Å²) < 4.78 is 0. The lowest BCUT2D eigenvalue weighted by molar-refractivity contribution is -0.385. The van der Waals surface area contributed by atoms with Crippen LogP contribution in [0.15, 0.2) is 18.2 Å². The molecule has 0 fully saturated rings. The first-order chi connectivity index (χ1) is 9.64. The van der Waals surface area contributed by atoms with Crippen LogP contribution in [0.2, 0.25) is 0 Å². The molecule has 0 bridgehead atoms. The van der Waals surface area contributed by atoms with Crippen LogP contribution in [0.25, 0.3) is 0 Å². The molecule has 6 nitrogen and oxygen atoms in total. The van der Waals surface area contributed by atoms with Gasteiger partial charge in [-0.3, -0.25) is 14.9 Å². The predicted molar refractivity (Wildman–Crippen MR) is 80.2 cm³/mol. The minimum atomic E-state index is -1.04. The smallest absolute Gasteiger partial charge is 0.282 e. The first-order valence-electron chi connectivity index (χ1n) is 6.88. The van der Waals surface area contributed by atoms with Crippen LogP contribution >= 0.6 is 0 Å². The number of nitrogens with one attached hydrogen (secondary N) is 1. The van der Waals surface area contributed by atoms with Crippen molar-refractivity contribution in [3.05, 3.63) is 39.4 Å².